The summed E-state index contributed by atoms with van der Waals surface area (Å²) in [5, 5.41) is 2.85. The highest BCUT2D eigenvalue weighted by atomic mass is 32.2. The number of aryl methyl sites for hydroxylation is 1. The number of piperidine rings is 1. The molecule has 2 fully saturated rings. The molecule has 0 unspecified atom stereocenters. The van der Waals surface area contributed by atoms with E-state index < -0.39 is 20.0 Å². The standard InChI is InChI=1S/C24H32N4O5S2/c1-19-3-7-22(8-4-19)34(30,31)27-13-11-20(12-14-27)24(29)25-21-5-9-23(10-6-21)35(32,33)28-17-15-26(2)16-18-28/h3-10,20H,11-18H2,1-2H3,(H,25,29). The number of hydrogen-bond donors (Lipinski definition) is 1. The van der Waals surface area contributed by atoms with E-state index in [4.69, 9.17) is 0 Å². The van der Waals surface area contributed by atoms with E-state index in [9.17, 15) is 21.6 Å². The highest BCUT2D eigenvalue weighted by Crippen LogP contribution is 2.26. The van der Waals surface area contributed by atoms with E-state index in [2.05, 4.69) is 10.2 Å². The number of benzene rings is 2. The van der Waals surface area contributed by atoms with Crippen molar-refractivity contribution in [2.24, 2.45) is 5.92 Å². The third-order valence-electron chi connectivity index (χ3n) is 6.71. The van der Waals surface area contributed by atoms with E-state index in [1.54, 1.807) is 36.4 Å². The zero-order chi connectivity index (χ0) is 25.2. The number of carbonyl (C=O) groups excluding carboxylic acids is 1. The van der Waals surface area contributed by atoms with E-state index in [1.165, 1.54) is 20.7 Å². The van der Waals surface area contributed by atoms with Gasteiger partial charge in [-0.2, -0.15) is 8.61 Å². The lowest BCUT2D eigenvalue weighted by Gasteiger charge is -2.31. The van der Waals surface area contributed by atoms with Crippen molar-refractivity contribution >= 4 is 31.6 Å². The normalized spacial score (nSPS) is 19.5. The summed E-state index contributed by atoms with van der Waals surface area (Å²) in [4.78, 5) is 15.3. The molecule has 2 aliphatic rings. The molecule has 4 rings (SSSR count). The van der Waals surface area contributed by atoms with E-state index in [-0.39, 0.29) is 34.7 Å². The average Bonchev–Trinajstić information content (AvgIpc) is 2.85. The molecule has 0 bridgehead atoms. The lowest BCUT2D eigenvalue weighted by atomic mass is 9.97. The Morgan fingerprint density at radius 2 is 1.20 bits per heavy atom. The average molecular weight is 521 g/mol. The SMILES string of the molecule is Cc1ccc(S(=O)(=O)N2CCC(C(=O)Nc3ccc(S(=O)(=O)N4CCN(C)CC4)cc3)CC2)cc1. The number of amides is 1. The van der Waals surface area contributed by atoms with Gasteiger partial charge in [-0.25, -0.2) is 16.8 Å². The molecular weight excluding hydrogens is 488 g/mol. The van der Waals surface area contributed by atoms with Crippen LogP contribution in [-0.2, 0) is 24.8 Å². The van der Waals surface area contributed by atoms with Crippen molar-refractivity contribution in [3.8, 4) is 0 Å². The molecule has 0 radical (unpaired) electrons. The van der Waals surface area contributed by atoms with Crippen LogP contribution in [0.5, 0.6) is 0 Å². The second kappa shape index (κ2) is 10.4. The van der Waals surface area contributed by atoms with Crippen molar-refractivity contribution in [3.05, 3.63) is 54.1 Å². The highest BCUT2D eigenvalue weighted by Gasteiger charge is 2.32. The summed E-state index contributed by atoms with van der Waals surface area (Å²) in [5.41, 5.74) is 1.51. The molecule has 11 heteroatoms. The maximum atomic E-state index is 12.9. The van der Waals surface area contributed by atoms with Gasteiger partial charge in [0, 0.05) is 50.9 Å². The van der Waals surface area contributed by atoms with Gasteiger partial charge < -0.3 is 10.2 Å². The minimum atomic E-state index is -3.58. The van der Waals surface area contributed by atoms with Gasteiger partial charge in [0.05, 0.1) is 9.79 Å². The van der Waals surface area contributed by atoms with Gasteiger partial charge in [0.1, 0.15) is 0 Å². The third-order valence-corrected chi connectivity index (χ3v) is 10.5. The Bertz CT molecular complexity index is 1250. The largest absolute Gasteiger partial charge is 0.326 e. The van der Waals surface area contributed by atoms with Crippen molar-refractivity contribution in [2.45, 2.75) is 29.6 Å². The number of likely N-dealkylation sites (N-methyl/N-ethyl adjacent to an activating group) is 1. The first-order valence-electron chi connectivity index (χ1n) is 11.7. The number of nitrogens with zero attached hydrogens (tertiary/aromatic N) is 3. The zero-order valence-electron chi connectivity index (χ0n) is 20.1. The Balaban J connectivity index is 1.33. The van der Waals surface area contributed by atoms with Crippen molar-refractivity contribution in [2.75, 3.05) is 51.6 Å². The maximum Gasteiger partial charge on any atom is 0.243 e. The van der Waals surface area contributed by atoms with Crippen LogP contribution in [0.15, 0.2) is 58.3 Å². The van der Waals surface area contributed by atoms with Gasteiger partial charge in [0.15, 0.2) is 0 Å². The molecule has 2 aliphatic heterocycles. The molecule has 0 atom stereocenters. The van der Waals surface area contributed by atoms with Gasteiger partial charge in [0.25, 0.3) is 0 Å². The van der Waals surface area contributed by atoms with Crippen LogP contribution in [0.1, 0.15) is 18.4 Å². The van der Waals surface area contributed by atoms with Crippen LogP contribution < -0.4 is 5.32 Å². The topological polar surface area (TPSA) is 107 Å². The summed E-state index contributed by atoms with van der Waals surface area (Å²) in [6, 6.07) is 13.0. The number of piperazine rings is 1. The number of nitrogens with one attached hydrogen (secondary N) is 1. The molecule has 2 aromatic carbocycles. The monoisotopic (exact) mass is 520 g/mol. The number of carbonyl (C=O) groups is 1. The number of sulfonamides is 2. The molecule has 2 aromatic rings. The first-order chi connectivity index (χ1) is 16.6. The van der Waals surface area contributed by atoms with Crippen LogP contribution >= 0.6 is 0 Å². The second-order valence-electron chi connectivity index (χ2n) is 9.21. The highest BCUT2D eigenvalue weighted by molar-refractivity contribution is 7.89. The molecule has 35 heavy (non-hydrogen) atoms. The van der Waals surface area contributed by atoms with E-state index >= 15 is 0 Å². The lowest BCUT2D eigenvalue weighted by Crippen LogP contribution is -2.46. The Morgan fingerprint density at radius 3 is 1.71 bits per heavy atom. The molecule has 0 aliphatic carbocycles. The van der Waals surface area contributed by atoms with Crippen molar-refractivity contribution in [3.63, 3.8) is 0 Å². The van der Waals surface area contributed by atoms with Gasteiger partial charge in [-0.3, -0.25) is 4.79 Å². The van der Waals surface area contributed by atoms with Crippen molar-refractivity contribution < 1.29 is 21.6 Å². The minimum absolute atomic E-state index is 0.188. The molecule has 1 amide bonds. The number of anilines is 1. The second-order valence-corrected chi connectivity index (χ2v) is 13.1. The van der Waals surface area contributed by atoms with E-state index in [0.29, 0.717) is 44.7 Å². The molecule has 2 heterocycles. The molecule has 0 spiro atoms. The number of hydrogen-bond acceptors (Lipinski definition) is 6. The van der Waals surface area contributed by atoms with Gasteiger partial charge in [-0.15, -0.1) is 0 Å². The smallest absolute Gasteiger partial charge is 0.243 e. The Kier molecular flexibility index (Phi) is 7.62. The van der Waals surface area contributed by atoms with Crippen LogP contribution in [0, 0.1) is 12.8 Å². The van der Waals surface area contributed by atoms with Crippen LogP contribution in [-0.4, -0.2) is 82.6 Å². The molecule has 0 aromatic heterocycles. The van der Waals surface area contributed by atoms with E-state index in [0.717, 1.165) is 5.56 Å². The summed E-state index contributed by atoms with van der Waals surface area (Å²) >= 11 is 0. The van der Waals surface area contributed by atoms with Gasteiger partial charge in [-0.1, -0.05) is 17.7 Å². The van der Waals surface area contributed by atoms with Gasteiger partial charge >= 0.3 is 0 Å². The molecule has 9 nitrogen and oxygen atoms in total. The van der Waals surface area contributed by atoms with Gasteiger partial charge in [-0.05, 0) is 63.2 Å². The quantitative estimate of drug-likeness (QED) is 0.624. The summed E-state index contributed by atoms with van der Waals surface area (Å²) in [6.45, 7) is 4.75. The Labute approximate surface area is 207 Å². The Morgan fingerprint density at radius 1 is 0.743 bits per heavy atom. The lowest BCUT2D eigenvalue weighted by molar-refractivity contribution is -0.120. The molecular formula is C24H32N4O5S2. The van der Waals surface area contributed by atoms with Gasteiger partial charge in [0.2, 0.25) is 26.0 Å². The maximum absolute atomic E-state index is 12.9. The Hall–Kier alpha value is -2.31. The fourth-order valence-electron chi connectivity index (χ4n) is 4.35. The molecule has 1 N–H and O–H groups in total. The van der Waals surface area contributed by atoms with Crippen LogP contribution in [0.25, 0.3) is 0 Å². The van der Waals surface area contributed by atoms with Crippen LogP contribution in [0.2, 0.25) is 0 Å². The van der Waals surface area contributed by atoms with Crippen molar-refractivity contribution in [1.29, 1.82) is 0 Å². The third kappa shape index (κ3) is 5.75. The van der Waals surface area contributed by atoms with Crippen molar-refractivity contribution in [1.82, 2.24) is 13.5 Å². The van der Waals surface area contributed by atoms with Crippen LogP contribution in [0.3, 0.4) is 0 Å². The first-order valence-corrected chi connectivity index (χ1v) is 14.6. The summed E-state index contributed by atoms with van der Waals surface area (Å²) in [6.07, 6.45) is 0.847. The molecule has 2 saturated heterocycles. The van der Waals surface area contributed by atoms with E-state index in [1.807, 2.05) is 14.0 Å². The molecule has 190 valence electrons. The fourth-order valence-corrected chi connectivity index (χ4v) is 7.24. The fraction of sp³-hybridized carbons (Fsp3) is 0.458. The minimum Gasteiger partial charge on any atom is -0.326 e. The van der Waals surface area contributed by atoms with Crippen LogP contribution in [0.4, 0.5) is 5.69 Å². The predicted octanol–water partition coefficient (Wildman–Crippen LogP) is 1.97. The summed E-state index contributed by atoms with van der Waals surface area (Å²) in [7, 11) is -5.18. The number of rotatable bonds is 6. The predicted molar refractivity (Wildman–Crippen MR) is 134 cm³/mol. The zero-order valence-corrected chi connectivity index (χ0v) is 21.7. The summed E-state index contributed by atoms with van der Waals surface area (Å²) < 4.78 is 54.4. The molecule has 0 saturated carbocycles. The first kappa shape index (κ1) is 25.8. The summed E-state index contributed by atoms with van der Waals surface area (Å²) in [5.74, 6) is -0.500.